The second-order valence-electron chi connectivity index (χ2n) is 8.14. The van der Waals surface area contributed by atoms with Gasteiger partial charge in [0.25, 0.3) is 15.9 Å². The van der Waals surface area contributed by atoms with Crippen LogP contribution in [-0.4, -0.2) is 34.0 Å². The summed E-state index contributed by atoms with van der Waals surface area (Å²) in [5, 5.41) is 0. The lowest BCUT2D eigenvalue weighted by Gasteiger charge is -2.30. The molecule has 0 saturated carbocycles. The number of aryl methyl sites for hydroxylation is 1. The van der Waals surface area contributed by atoms with Gasteiger partial charge < -0.3 is 9.64 Å². The lowest BCUT2D eigenvalue weighted by Crippen LogP contribution is -2.35. The minimum absolute atomic E-state index is 0.110. The standard InChI is InChI=1S/C25H23BrN2O4S/c26-20-7-12-23-19(16-20)13-15-27(23)25(29)17-32-21-8-10-22(11-9-21)33(30,31)28-14-3-5-18-4-1-2-6-24(18)28/h1-2,4,6-12,16H,3,5,13-15,17H2. The van der Waals surface area contributed by atoms with Gasteiger partial charge in [-0.3, -0.25) is 9.10 Å². The Kier molecular flexibility index (Phi) is 5.88. The Morgan fingerprint density at radius 1 is 0.909 bits per heavy atom. The molecule has 2 heterocycles. The fraction of sp³-hybridized carbons (Fsp3) is 0.240. The van der Waals surface area contributed by atoms with Gasteiger partial charge in [0.2, 0.25) is 0 Å². The Morgan fingerprint density at radius 2 is 1.70 bits per heavy atom. The molecular formula is C25H23BrN2O4S. The number of benzene rings is 3. The summed E-state index contributed by atoms with van der Waals surface area (Å²) in [6, 6.07) is 19.8. The van der Waals surface area contributed by atoms with Gasteiger partial charge in [-0.05, 0) is 78.9 Å². The maximum Gasteiger partial charge on any atom is 0.264 e. The Balaban J connectivity index is 1.27. The molecule has 0 fully saturated rings. The van der Waals surface area contributed by atoms with E-state index in [0.717, 1.165) is 46.2 Å². The third-order valence-corrected chi connectivity index (χ3v) is 8.40. The SMILES string of the molecule is O=C(COc1ccc(S(=O)(=O)N2CCCc3ccccc32)cc1)N1CCc2cc(Br)ccc21. The number of rotatable bonds is 5. The molecule has 3 aromatic carbocycles. The first-order valence-corrected chi connectivity index (χ1v) is 13.1. The molecule has 0 atom stereocenters. The maximum absolute atomic E-state index is 13.3. The van der Waals surface area contributed by atoms with Gasteiger partial charge in [-0.25, -0.2) is 8.42 Å². The molecule has 170 valence electrons. The molecule has 0 aliphatic carbocycles. The predicted molar refractivity (Wildman–Crippen MR) is 131 cm³/mol. The van der Waals surface area contributed by atoms with E-state index < -0.39 is 10.0 Å². The van der Waals surface area contributed by atoms with Crippen LogP contribution in [0, 0.1) is 0 Å². The average Bonchev–Trinajstić information content (AvgIpc) is 3.25. The molecule has 2 aliphatic heterocycles. The van der Waals surface area contributed by atoms with Gasteiger partial charge in [0.15, 0.2) is 6.61 Å². The molecule has 0 bridgehead atoms. The molecule has 33 heavy (non-hydrogen) atoms. The molecule has 2 aliphatic rings. The van der Waals surface area contributed by atoms with Gasteiger partial charge in [-0.15, -0.1) is 0 Å². The van der Waals surface area contributed by atoms with Crippen molar-refractivity contribution in [2.75, 3.05) is 28.9 Å². The van der Waals surface area contributed by atoms with Crippen LogP contribution in [0.25, 0.3) is 0 Å². The number of fused-ring (bicyclic) bond motifs is 2. The zero-order valence-electron chi connectivity index (χ0n) is 17.9. The van der Waals surface area contributed by atoms with Crippen molar-refractivity contribution < 1.29 is 17.9 Å². The fourth-order valence-electron chi connectivity index (χ4n) is 4.44. The van der Waals surface area contributed by atoms with Gasteiger partial charge in [-0.2, -0.15) is 0 Å². The first kappa shape index (κ1) is 22.0. The number of halogens is 1. The molecular weight excluding hydrogens is 504 g/mol. The van der Waals surface area contributed by atoms with Crippen molar-refractivity contribution in [3.8, 4) is 5.75 Å². The molecule has 0 unspecified atom stereocenters. The van der Waals surface area contributed by atoms with Crippen molar-refractivity contribution in [2.24, 2.45) is 0 Å². The molecule has 6 nitrogen and oxygen atoms in total. The highest BCUT2D eigenvalue weighted by atomic mass is 79.9. The minimum atomic E-state index is -3.67. The van der Waals surface area contributed by atoms with E-state index >= 15 is 0 Å². The Morgan fingerprint density at radius 3 is 2.52 bits per heavy atom. The monoisotopic (exact) mass is 526 g/mol. The van der Waals surface area contributed by atoms with Crippen LogP contribution in [0.5, 0.6) is 5.75 Å². The minimum Gasteiger partial charge on any atom is -0.484 e. The number of sulfonamides is 1. The van der Waals surface area contributed by atoms with E-state index in [2.05, 4.69) is 15.9 Å². The topological polar surface area (TPSA) is 66.9 Å². The number of carbonyl (C=O) groups is 1. The van der Waals surface area contributed by atoms with E-state index in [0.29, 0.717) is 18.8 Å². The first-order chi connectivity index (χ1) is 15.9. The van der Waals surface area contributed by atoms with Gasteiger partial charge in [-0.1, -0.05) is 34.1 Å². The number of nitrogens with zero attached hydrogens (tertiary/aromatic N) is 2. The summed E-state index contributed by atoms with van der Waals surface area (Å²) in [7, 11) is -3.67. The number of amides is 1. The molecule has 0 radical (unpaired) electrons. The number of anilines is 2. The molecule has 3 aromatic rings. The van der Waals surface area contributed by atoms with E-state index in [4.69, 9.17) is 4.74 Å². The van der Waals surface area contributed by atoms with Crippen LogP contribution < -0.4 is 13.9 Å². The highest BCUT2D eigenvalue weighted by molar-refractivity contribution is 9.10. The molecule has 0 N–H and O–H groups in total. The number of ether oxygens (including phenoxy) is 1. The Bertz CT molecular complexity index is 1310. The summed E-state index contributed by atoms with van der Waals surface area (Å²) in [5.41, 5.74) is 3.83. The fourth-order valence-corrected chi connectivity index (χ4v) is 6.39. The largest absolute Gasteiger partial charge is 0.484 e. The highest BCUT2D eigenvalue weighted by Crippen LogP contribution is 2.33. The number of hydrogen-bond acceptors (Lipinski definition) is 4. The molecule has 0 spiro atoms. The number of carbonyl (C=O) groups excluding carboxylic acids is 1. The van der Waals surface area contributed by atoms with E-state index in [9.17, 15) is 13.2 Å². The predicted octanol–water partition coefficient (Wildman–Crippen LogP) is 4.56. The Hall–Kier alpha value is -2.84. The summed E-state index contributed by atoms with van der Waals surface area (Å²) >= 11 is 3.46. The molecule has 0 saturated heterocycles. The van der Waals surface area contributed by atoms with Crippen molar-refractivity contribution in [3.05, 3.63) is 82.3 Å². The third-order valence-electron chi connectivity index (χ3n) is 6.08. The highest BCUT2D eigenvalue weighted by Gasteiger charge is 2.29. The van der Waals surface area contributed by atoms with Crippen LogP contribution in [0.15, 0.2) is 76.1 Å². The van der Waals surface area contributed by atoms with E-state index in [1.165, 1.54) is 16.4 Å². The van der Waals surface area contributed by atoms with Gasteiger partial charge in [0.1, 0.15) is 5.75 Å². The van der Waals surface area contributed by atoms with Crippen molar-refractivity contribution in [1.82, 2.24) is 0 Å². The summed E-state index contributed by atoms with van der Waals surface area (Å²) in [6.07, 6.45) is 2.48. The van der Waals surface area contributed by atoms with Crippen molar-refractivity contribution in [3.63, 3.8) is 0 Å². The summed E-state index contributed by atoms with van der Waals surface area (Å²) in [5.74, 6) is 0.328. The summed E-state index contributed by atoms with van der Waals surface area (Å²) in [6.45, 7) is 0.976. The second kappa shape index (κ2) is 8.83. The quantitative estimate of drug-likeness (QED) is 0.488. The van der Waals surface area contributed by atoms with Crippen molar-refractivity contribution >= 4 is 43.2 Å². The molecule has 0 aromatic heterocycles. The van der Waals surface area contributed by atoms with E-state index in [1.54, 1.807) is 17.0 Å². The summed E-state index contributed by atoms with van der Waals surface area (Å²) < 4.78 is 34.7. The van der Waals surface area contributed by atoms with Crippen LogP contribution in [0.4, 0.5) is 11.4 Å². The zero-order chi connectivity index (χ0) is 23.0. The van der Waals surface area contributed by atoms with Crippen LogP contribution in [0.3, 0.4) is 0 Å². The van der Waals surface area contributed by atoms with E-state index in [1.807, 2.05) is 42.5 Å². The number of hydrogen-bond donors (Lipinski definition) is 0. The lowest BCUT2D eigenvalue weighted by molar-refractivity contribution is -0.120. The average molecular weight is 527 g/mol. The molecule has 5 rings (SSSR count). The van der Waals surface area contributed by atoms with Crippen molar-refractivity contribution in [1.29, 1.82) is 0 Å². The Labute approximate surface area is 202 Å². The molecule has 8 heteroatoms. The van der Waals surface area contributed by atoms with Gasteiger partial charge in [0, 0.05) is 23.2 Å². The van der Waals surface area contributed by atoms with Crippen molar-refractivity contribution in [2.45, 2.75) is 24.2 Å². The molecule has 1 amide bonds. The van der Waals surface area contributed by atoms with Gasteiger partial charge >= 0.3 is 0 Å². The van der Waals surface area contributed by atoms with Crippen LogP contribution in [0.2, 0.25) is 0 Å². The van der Waals surface area contributed by atoms with Crippen LogP contribution in [0.1, 0.15) is 17.5 Å². The zero-order valence-corrected chi connectivity index (χ0v) is 20.3. The normalized spacial score (nSPS) is 15.2. The summed E-state index contributed by atoms with van der Waals surface area (Å²) in [4.78, 5) is 14.6. The van der Waals surface area contributed by atoms with Crippen LogP contribution in [-0.2, 0) is 27.7 Å². The third kappa shape index (κ3) is 4.25. The van der Waals surface area contributed by atoms with E-state index in [-0.39, 0.29) is 17.4 Å². The van der Waals surface area contributed by atoms with Gasteiger partial charge in [0.05, 0.1) is 10.6 Å². The first-order valence-electron chi connectivity index (χ1n) is 10.9. The lowest BCUT2D eigenvalue weighted by atomic mass is 10.0. The van der Waals surface area contributed by atoms with Crippen LogP contribution >= 0.6 is 15.9 Å². The maximum atomic E-state index is 13.3. The number of para-hydroxylation sites is 1. The smallest absolute Gasteiger partial charge is 0.264 e. The second-order valence-corrected chi connectivity index (χ2v) is 10.9.